The first kappa shape index (κ1) is 21.4. The van der Waals surface area contributed by atoms with Gasteiger partial charge in [0.1, 0.15) is 0 Å². The molecule has 0 aliphatic heterocycles. The van der Waals surface area contributed by atoms with E-state index in [-0.39, 0.29) is 0 Å². The van der Waals surface area contributed by atoms with Crippen molar-refractivity contribution in [3.05, 3.63) is 39.4 Å². The summed E-state index contributed by atoms with van der Waals surface area (Å²) in [5.74, 6) is 4.18. The molecule has 0 spiro atoms. The van der Waals surface area contributed by atoms with Crippen LogP contribution in [0.15, 0.2) is 18.2 Å². The average molecular weight is 447 g/mol. The van der Waals surface area contributed by atoms with Crippen LogP contribution in [-0.4, -0.2) is 24.0 Å². The van der Waals surface area contributed by atoms with E-state index in [2.05, 4.69) is 36.1 Å². The van der Waals surface area contributed by atoms with Gasteiger partial charge < -0.3 is 0 Å². The maximum Gasteiger partial charge on any atom is 0.0461 e. The van der Waals surface area contributed by atoms with Crippen molar-refractivity contribution in [1.29, 1.82) is 0 Å². The summed E-state index contributed by atoms with van der Waals surface area (Å²) in [5, 5.41) is 1.80. The van der Waals surface area contributed by atoms with Crippen LogP contribution in [0, 0.1) is 23.7 Å². The zero-order valence-electron chi connectivity index (χ0n) is 18.5. The molecule has 3 heteroatoms. The van der Waals surface area contributed by atoms with E-state index in [4.69, 9.17) is 23.2 Å². The third kappa shape index (κ3) is 4.24. The minimum atomic E-state index is 0.595. The lowest BCUT2D eigenvalue weighted by molar-refractivity contribution is -0.00272. The number of rotatable bonds is 6. The van der Waals surface area contributed by atoms with Gasteiger partial charge in [-0.25, -0.2) is 0 Å². The van der Waals surface area contributed by atoms with E-state index >= 15 is 0 Å². The molecule has 0 amide bonds. The van der Waals surface area contributed by atoms with Crippen molar-refractivity contribution in [2.45, 2.75) is 83.1 Å². The number of benzene rings is 1. The van der Waals surface area contributed by atoms with E-state index in [9.17, 15) is 0 Å². The van der Waals surface area contributed by atoms with Gasteiger partial charge in [-0.3, -0.25) is 4.90 Å². The lowest BCUT2D eigenvalue weighted by Gasteiger charge is -2.55. The summed E-state index contributed by atoms with van der Waals surface area (Å²) < 4.78 is 0. The highest BCUT2D eigenvalue weighted by molar-refractivity contribution is 6.36. The first-order valence-electron chi connectivity index (χ1n) is 12.5. The van der Waals surface area contributed by atoms with Gasteiger partial charge in [-0.1, -0.05) is 61.5 Å². The van der Waals surface area contributed by atoms with E-state index in [0.29, 0.717) is 5.92 Å². The Morgan fingerprint density at radius 3 is 2.07 bits per heavy atom. The molecule has 0 saturated heterocycles. The zero-order valence-corrected chi connectivity index (χ0v) is 20.0. The van der Waals surface area contributed by atoms with Gasteiger partial charge in [-0.2, -0.15) is 0 Å². The summed E-state index contributed by atoms with van der Waals surface area (Å²) in [6, 6.07) is 5.10. The molecule has 0 N–H and O–H groups in total. The van der Waals surface area contributed by atoms with Crippen LogP contribution in [-0.2, 0) is 0 Å². The van der Waals surface area contributed by atoms with Crippen LogP contribution in [0.1, 0.15) is 88.2 Å². The van der Waals surface area contributed by atoms with Crippen LogP contribution in [0.3, 0.4) is 0 Å². The molecule has 1 nitrogen and oxygen atoms in total. The molecule has 30 heavy (non-hydrogen) atoms. The number of halogens is 2. The normalized spacial score (nSPS) is 33.8. The van der Waals surface area contributed by atoms with Gasteiger partial charge in [0.2, 0.25) is 0 Å². The fourth-order valence-corrected chi connectivity index (χ4v) is 8.48. The van der Waals surface area contributed by atoms with Crippen molar-refractivity contribution in [3.63, 3.8) is 0 Å². The summed E-state index contributed by atoms with van der Waals surface area (Å²) in [6.07, 6.45) is 18.5. The Kier molecular flexibility index (Phi) is 6.52. The van der Waals surface area contributed by atoms with Crippen molar-refractivity contribution in [1.82, 2.24) is 4.90 Å². The second-order valence-electron chi connectivity index (χ2n) is 10.6. The quantitative estimate of drug-likeness (QED) is 0.426. The van der Waals surface area contributed by atoms with Gasteiger partial charge in [-0.05, 0) is 104 Å². The molecule has 6 rings (SSSR count). The van der Waals surface area contributed by atoms with E-state index in [0.717, 1.165) is 58.4 Å². The lowest BCUT2D eigenvalue weighted by atomic mass is 9.50. The predicted molar refractivity (Wildman–Crippen MR) is 129 cm³/mol. The monoisotopic (exact) mass is 445 g/mol. The summed E-state index contributed by atoms with van der Waals surface area (Å²) in [5.41, 5.74) is 2.42. The van der Waals surface area contributed by atoms with Gasteiger partial charge in [0, 0.05) is 22.6 Å². The molecular weight excluding hydrogens is 409 g/mol. The Balaban J connectivity index is 1.29. The molecular formula is C27H37Cl2N. The first-order valence-corrected chi connectivity index (χ1v) is 13.3. The van der Waals surface area contributed by atoms with E-state index in [1.807, 2.05) is 0 Å². The van der Waals surface area contributed by atoms with Crippen LogP contribution >= 0.6 is 23.2 Å². The molecule has 1 aromatic carbocycles. The molecule has 5 saturated carbocycles. The zero-order chi connectivity index (χ0) is 20.7. The van der Waals surface area contributed by atoms with Crippen molar-refractivity contribution in [2.24, 2.45) is 23.7 Å². The van der Waals surface area contributed by atoms with Crippen LogP contribution in [0.4, 0.5) is 0 Å². The molecule has 0 heterocycles. The van der Waals surface area contributed by atoms with Crippen molar-refractivity contribution >= 4 is 29.3 Å². The third-order valence-corrected chi connectivity index (χ3v) is 9.43. The largest absolute Gasteiger partial charge is 0.297 e. The Labute approximate surface area is 193 Å². The van der Waals surface area contributed by atoms with E-state index in [1.165, 1.54) is 69.8 Å². The highest BCUT2D eigenvalue weighted by Gasteiger charge is 2.49. The number of nitrogens with zero attached hydrogens (tertiary/aromatic N) is 1. The van der Waals surface area contributed by atoms with Crippen LogP contribution < -0.4 is 0 Å². The maximum absolute atomic E-state index is 6.89. The molecule has 5 aliphatic carbocycles. The van der Waals surface area contributed by atoms with E-state index in [1.54, 1.807) is 0 Å². The second kappa shape index (κ2) is 9.16. The fraction of sp³-hybridized carbons (Fsp3) is 0.704. The summed E-state index contributed by atoms with van der Waals surface area (Å²) in [7, 11) is 0. The van der Waals surface area contributed by atoms with Crippen LogP contribution in [0.25, 0.3) is 6.08 Å². The topological polar surface area (TPSA) is 3.24 Å². The Bertz CT molecular complexity index is 728. The highest BCUT2D eigenvalue weighted by Crippen LogP contribution is 2.61. The smallest absolute Gasteiger partial charge is 0.0461 e. The van der Waals surface area contributed by atoms with Crippen LogP contribution in [0.2, 0.25) is 10.0 Å². The number of likely N-dealkylation sites (N-methyl/N-ethyl adjacent to an activating group) is 1. The molecule has 1 aromatic rings. The molecule has 4 bridgehead atoms. The fourth-order valence-electron chi connectivity index (χ4n) is 7.72. The van der Waals surface area contributed by atoms with Crippen LogP contribution in [0.5, 0.6) is 0 Å². The molecule has 5 fully saturated rings. The Hall–Kier alpha value is -0.500. The van der Waals surface area contributed by atoms with Gasteiger partial charge >= 0.3 is 0 Å². The lowest BCUT2D eigenvalue weighted by Crippen LogP contribution is -2.43. The van der Waals surface area contributed by atoms with Crippen molar-refractivity contribution < 1.29 is 0 Å². The van der Waals surface area contributed by atoms with Gasteiger partial charge in [0.25, 0.3) is 0 Å². The highest BCUT2D eigenvalue weighted by atomic mass is 35.5. The molecule has 0 radical (unpaired) electrons. The summed E-state index contributed by atoms with van der Waals surface area (Å²) >= 11 is 13.8. The summed E-state index contributed by atoms with van der Waals surface area (Å²) in [6.45, 7) is 4.44. The molecule has 5 aliphatic rings. The maximum atomic E-state index is 6.89. The molecule has 0 unspecified atom stereocenters. The molecule has 0 atom stereocenters. The van der Waals surface area contributed by atoms with E-state index < -0.39 is 0 Å². The average Bonchev–Trinajstić information content (AvgIpc) is 2.73. The van der Waals surface area contributed by atoms with Gasteiger partial charge in [0.05, 0.1) is 0 Å². The van der Waals surface area contributed by atoms with Crippen molar-refractivity contribution in [2.75, 3.05) is 13.1 Å². The number of hydrogen-bond donors (Lipinski definition) is 0. The minimum absolute atomic E-state index is 0.595. The SMILES string of the molecule is CCN(CC=Cc1cc(Cl)c(C2C3CC4CC(C3)CC2C4)c(Cl)c1)C1CCCCC1. The standard InChI is InChI=1S/C27H37Cl2N/c1-2-30(23-8-4-3-5-9-23)10-6-7-18-16-24(28)27(25(29)17-18)26-21-12-19-11-20(14-21)15-22(26)13-19/h6-7,16-17,19-23,26H,2-5,8-15H2,1H3. The summed E-state index contributed by atoms with van der Waals surface area (Å²) in [4.78, 5) is 2.63. The molecule has 0 aromatic heterocycles. The van der Waals surface area contributed by atoms with Gasteiger partial charge in [0.15, 0.2) is 0 Å². The second-order valence-corrected chi connectivity index (χ2v) is 11.5. The van der Waals surface area contributed by atoms with Gasteiger partial charge in [-0.15, -0.1) is 0 Å². The predicted octanol–water partition coefficient (Wildman–Crippen LogP) is 8.20. The Morgan fingerprint density at radius 1 is 0.900 bits per heavy atom. The third-order valence-electron chi connectivity index (χ3n) is 8.81. The first-order chi connectivity index (χ1) is 14.6. The molecule has 164 valence electrons. The minimum Gasteiger partial charge on any atom is -0.297 e. The Morgan fingerprint density at radius 2 is 1.50 bits per heavy atom. The number of hydrogen-bond acceptors (Lipinski definition) is 1. The van der Waals surface area contributed by atoms with Crippen molar-refractivity contribution in [3.8, 4) is 0 Å².